The second-order valence-corrected chi connectivity index (χ2v) is 8.65. The van der Waals surface area contributed by atoms with E-state index in [-0.39, 0.29) is 19.1 Å². The highest BCUT2D eigenvalue weighted by Gasteiger charge is 2.32. The maximum Gasteiger partial charge on any atom is 0.408 e. The Hall–Kier alpha value is -3.10. The number of benzene rings is 1. The average Bonchev–Trinajstić information content (AvgIpc) is 2.65. The summed E-state index contributed by atoms with van der Waals surface area (Å²) in [6.45, 7) is 10.1. The van der Waals surface area contributed by atoms with E-state index in [0.29, 0.717) is 6.42 Å². The predicted octanol–water partition coefficient (Wildman–Crippen LogP) is 2.15. The molecule has 2 atom stereocenters. The molecule has 0 aliphatic rings. The third kappa shape index (κ3) is 10.3. The summed E-state index contributed by atoms with van der Waals surface area (Å²) in [6, 6.07) is 9.26. The van der Waals surface area contributed by atoms with Crippen LogP contribution in [0.2, 0.25) is 0 Å². The lowest BCUT2D eigenvalue weighted by molar-refractivity contribution is -0.154. The SMILES string of the molecule is CCOC(=O)C(C(=O)N[C@H](Cc1ccccc1)NC(=O)CNC(=O)OC(C)(C)C)C(C)C. The summed E-state index contributed by atoms with van der Waals surface area (Å²) in [5.74, 6) is -2.98. The second-order valence-electron chi connectivity index (χ2n) is 8.65. The third-order valence-corrected chi connectivity index (χ3v) is 4.22. The van der Waals surface area contributed by atoms with Crippen molar-refractivity contribution >= 4 is 23.9 Å². The van der Waals surface area contributed by atoms with Gasteiger partial charge in [0.25, 0.3) is 0 Å². The molecule has 0 bridgehead atoms. The van der Waals surface area contributed by atoms with E-state index >= 15 is 0 Å². The summed E-state index contributed by atoms with van der Waals surface area (Å²) >= 11 is 0. The van der Waals surface area contributed by atoms with Crippen molar-refractivity contribution in [3.8, 4) is 0 Å². The molecule has 3 N–H and O–H groups in total. The van der Waals surface area contributed by atoms with Gasteiger partial charge in [0.15, 0.2) is 0 Å². The first-order valence-electron chi connectivity index (χ1n) is 10.7. The van der Waals surface area contributed by atoms with E-state index in [1.807, 2.05) is 30.3 Å². The number of amides is 3. The van der Waals surface area contributed by atoms with Crippen LogP contribution >= 0.6 is 0 Å². The molecule has 0 fully saturated rings. The van der Waals surface area contributed by atoms with Crippen LogP contribution in [-0.2, 0) is 30.3 Å². The van der Waals surface area contributed by atoms with Crippen molar-refractivity contribution in [2.24, 2.45) is 11.8 Å². The summed E-state index contributed by atoms with van der Waals surface area (Å²) in [4.78, 5) is 49.3. The van der Waals surface area contributed by atoms with Gasteiger partial charge < -0.3 is 25.4 Å². The Balaban J connectivity index is 2.86. The van der Waals surface area contributed by atoms with E-state index in [1.165, 1.54) is 0 Å². The Labute approximate surface area is 189 Å². The van der Waals surface area contributed by atoms with Crippen molar-refractivity contribution in [1.82, 2.24) is 16.0 Å². The first-order valence-corrected chi connectivity index (χ1v) is 10.7. The van der Waals surface area contributed by atoms with Crippen LogP contribution in [-0.4, -0.2) is 48.8 Å². The normalized spacial score (nSPS) is 13.0. The van der Waals surface area contributed by atoms with Gasteiger partial charge in [-0.3, -0.25) is 14.4 Å². The van der Waals surface area contributed by atoms with E-state index < -0.39 is 41.6 Å². The standard InChI is InChI=1S/C23H35N3O6/c1-7-31-21(29)19(15(2)3)20(28)26-17(13-16-11-9-8-10-12-16)25-18(27)14-24-22(30)32-23(4,5)6/h8-12,15,17,19H,7,13-14H2,1-6H3,(H,24,30)(H,25,27)(H,26,28)/t17-,19?/m1/s1. The van der Waals surface area contributed by atoms with E-state index in [1.54, 1.807) is 41.5 Å². The molecule has 1 aromatic carbocycles. The van der Waals surface area contributed by atoms with Crippen LogP contribution in [0.5, 0.6) is 0 Å². The first kappa shape index (κ1) is 26.9. The number of alkyl carbamates (subject to hydrolysis) is 1. The molecule has 9 nitrogen and oxygen atoms in total. The van der Waals surface area contributed by atoms with Crippen LogP contribution in [0, 0.1) is 11.8 Å². The van der Waals surface area contributed by atoms with Gasteiger partial charge in [0.05, 0.1) is 6.61 Å². The molecule has 0 aromatic heterocycles. The Kier molecular flexibility index (Phi) is 10.7. The van der Waals surface area contributed by atoms with Crippen LogP contribution in [0.15, 0.2) is 30.3 Å². The lowest BCUT2D eigenvalue weighted by Crippen LogP contribution is -2.54. The van der Waals surface area contributed by atoms with Gasteiger partial charge in [-0.25, -0.2) is 4.79 Å². The van der Waals surface area contributed by atoms with E-state index in [0.717, 1.165) is 5.56 Å². The molecular formula is C23H35N3O6. The van der Waals surface area contributed by atoms with Crippen LogP contribution < -0.4 is 16.0 Å². The second kappa shape index (κ2) is 12.7. The highest BCUT2D eigenvalue weighted by molar-refractivity contribution is 5.98. The largest absolute Gasteiger partial charge is 0.465 e. The molecule has 0 saturated heterocycles. The maximum atomic E-state index is 12.9. The van der Waals surface area contributed by atoms with Crippen LogP contribution in [0.3, 0.4) is 0 Å². The molecule has 32 heavy (non-hydrogen) atoms. The zero-order valence-electron chi connectivity index (χ0n) is 19.7. The van der Waals surface area contributed by atoms with Crippen molar-refractivity contribution in [2.45, 2.75) is 59.7 Å². The molecule has 1 unspecified atom stereocenters. The lowest BCUT2D eigenvalue weighted by Gasteiger charge is -2.25. The number of rotatable bonds is 10. The van der Waals surface area contributed by atoms with Gasteiger partial charge >= 0.3 is 12.1 Å². The first-order chi connectivity index (χ1) is 14.9. The van der Waals surface area contributed by atoms with E-state index in [2.05, 4.69) is 16.0 Å². The van der Waals surface area contributed by atoms with Gasteiger partial charge in [0, 0.05) is 6.42 Å². The van der Waals surface area contributed by atoms with Crippen LogP contribution in [0.4, 0.5) is 4.79 Å². The van der Waals surface area contributed by atoms with Gasteiger partial charge in [0.2, 0.25) is 11.8 Å². The fourth-order valence-corrected chi connectivity index (χ4v) is 2.88. The molecule has 0 heterocycles. The Morgan fingerprint density at radius 3 is 2.16 bits per heavy atom. The van der Waals surface area contributed by atoms with Gasteiger partial charge in [-0.1, -0.05) is 44.2 Å². The van der Waals surface area contributed by atoms with Crippen LogP contribution in [0.1, 0.15) is 47.1 Å². The lowest BCUT2D eigenvalue weighted by atomic mass is 9.94. The molecule has 1 rings (SSSR count). The molecule has 178 valence electrons. The van der Waals surface area contributed by atoms with E-state index in [4.69, 9.17) is 9.47 Å². The monoisotopic (exact) mass is 449 g/mol. The molecular weight excluding hydrogens is 414 g/mol. The Morgan fingerprint density at radius 2 is 1.62 bits per heavy atom. The quantitative estimate of drug-likeness (QED) is 0.286. The minimum Gasteiger partial charge on any atom is -0.465 e. The average molecular weight is 450 g/mol. The van der Waals surface area contributed by atoms with Gasteiger partial charge in [0.1, 0.15) is 24.2 Å². The van der Waals surface area contributed by atoms with Crippen molar-refractivity contribution in [3.05, 3.63) is 35.9 Å². The van der Waals surface area contributed by atoms with E-state index in [9.17, 15) is 19.2 Å². The summed E-state index contributed by atoms with van der Waals surface area (Å²) in [6.07, 6.45) is -1.23. The number of carbonyl (C=O) groups excluding carboxylic acids is 4. The highest BCUT2D eigenvalue weighted by Crippen LogP contribution is 2.14. The summed E-state index contributed by atoms with van der Waals surface area (Å²) in [7, 11) is 0. The smallest absolute Gasteiger partial charge is 0.408 e. The Bertz CT molecular complexity index is 774. The molecule has 0 spiro atoms. The molecule has 1 aromatic rings. The minimum atomic E-state index is -1.01. The topological polar surface area (TPSA) is 123 Å². The molecule has 3 amide bonds. The van der Waals surface area contributed by atoms with Gasteiger partial charge in [-0.15, -0.1) is 0 Å². The van der Waals surface area contributed by atoms with Crippen molar-refractivity contribution in [2.75, 3.05) is 13.2 Å². The van der Waals surface area contributed by atoms with Gasteiger partial charge in [-0.2, -0.15) is 0 Å². The van der Waals surface area contributed by atoms with Crippen molar-refractivity contribution in [3.63, 3.8) is 0 Å². The predicted molar refractivity (Wildman–Crippen MR) is 119 cm³/mol. The van der Waals surface area contributed by atoms with Crippen LogP contribution in [0.25, 0.3) is 0 Å². The molecule has 0 saturated carbocycles. The molecule has 0 aliphatic heterocycles. The Morgan fingerprint density at radius 1 is 1.00 bits per heavy atom. The fraction of sp³-hybridized carbons (Fsp3) is 0.565. The summed E-state index contributed by atoms with van der Waals surface area (Å²) < 4.78 is 10.1. The van der Waals surface area contributed by atoms with Crippen molar-refractivity contribution in [1.29, 1.82) is 0 Å². The zero-order chi connectivity index (χ0) is 24.3. The number of hydrogen-bond acceptors (Lipinski definition) is 6. The summed E-state index contributed by atoms with van der Waals surface area (Å²) in [5.41, 5.74) is 0.180. The maximum absolute atomic E-state index is 12.9. The number of carbonyl (C=O) groups is 4. The third-order valence-electron chi connectivity index (χ3n) is 4.22. The zero-order valence-corrected chi connectivity index (χ0v) is 19.7. The number of esters is 1. The summed E-state index contributed by atoms with van der Waals surface area (Å²) in [5, 5.41) is 7.79. The van der Waals surface area contributed by atoms with Crippen molar-refractivity contribution < 1.29 is 28.7 Å². The highest BCUT2D eigenvalue weighted by atomic mass is 16.6. The fourth-order valence-electron chi connectivity index (χ4n) is 2.88. The molecule has 9 heteroatoms. The van der Waals surface area contributed by atoms with Gasteiger partial charge in [-0.05, 0) is 39.2 Å². The molecule has 0 aliphatic carbocycles. The number of hydrogen-bond donors (Lipinski definition) is 3. The number of nitrogens with one attached hydrogen (secondary N) is 3. The molecule has 0 radical (unpaired) electrons. The minimum absolute atomic E-state index is 0.163. The number of ether oxygens (including phenoxy) is 2.